The van der Waals surface area contributed by atoms with Crippen molar-refractivity contribution in [2.75, 3.05) is 0 Å². The Labute approximate surface area is 107 Å². The average molecular weight is 290 g/mol. The highest BCUT2D eigenvalue weighted by Gasteiger charge is 2.11. The second-order valence-electron chi connectivity index (χ2n) is 4.06. The Morgan fingerprint density at radius 1 is 1.35 bits per heavy atom. The van der Waals surface area contributed by atoms with Crippen LogP contribution in [0.5, 0.6) is 0 Å². The Bertz CT molecular complexity index is 715. The molecule has 2 aromatic heterocycles. The lowest BCUT2D eigenvalue weighted by Crippen LogP contribution is -2.02. The van der Waals surface area contributed by atoms with E-state index in [4.69, 9.17) is 5.73 Å². The van der Waals surface area contributed by atoms with Gasteiger partial charge >= 0.3 is 0 Å². The van der Waals surface area contributed by atoms with Crippen LogP contribution in [0.4, 0.5) is 0 Å². The molecule has 3 rings (SSSR count). The third-order valence-corrected chi connectivity index (χ3v) is 3.74. The molecule has 0 spiro atoms. The molecule has 0 saturated carbocycles. The lowest BCUT2D eigenvalue weighted by molar-refractivity contribution is 0.946. The van der Waals surface area contributed by atoms with E-state index in [1.165, 1.54) is 5.39 Å². The number of aryl methyl sites for hydroxylation is 1. The third kappa shape index (κ3) is 1.48. The van der Waals surface area contributed by atoms with Gasteiger partial charge in [0.25, 0.3) is 0 Å². The van der Waals surface area contributed by atoms with Gasteiger partial charge in [0.15, 0.2) is 0 Å². The molecule has 0 unspecified atom stereocenters. The largest absolute Gasteiger partial charge is 0.325 e. The number of rotatable bonds is 1. The maximum Gasteiger partial charge on any atom is 0.146 e. The zero-order chi connectivity index (χ0) is 12.0. The fraction of sp³-hybridized carbons (Fsp3) is 0.154. The summed E-state index contributed by atoms with van der Waals surface area (Å²) in [5.74, 6) is 0. The summed E-state index contributed by atoms with van der Waals surface area (Å²) < 4.78 is 3.14. The van der Waals surface area contributed by atoms with Gasteiger partial charge in [0.05, 0.1) is 11.4 Å². The van der Waals surface area contributed by atoms with Gasteiger partial charge in [-0.1, -0.05) is 28.1 Å². The van der Waals surface area contributed by atoms with Gasteiger partial charge in [-0.15, -0.1) is 0 Å². The molecule has 0 bridgehead atoms. The maximum atomic E-state index is 5.77. The van der Waals surface area contributed by atoms with Crippen LogP contribution in [-0.4, -0.2) is 9.38 Å². The first-order chi connectivity index (χ1) is 8.22. The van der Waals surface area contributed by atoms with Crippen molar-refractivity contribution in [3.05, 3.63) is 46.3 Å². The van der Waals surface area contributed by atoms with Crippen LogP contribution in [0.1, 0.15) is 11.4 Å². The molecule has 3 nitrogen and oxygen atoms in total. The number of nitrogens with two attached hydrogens (primary N) is 1. The molecule has 86 valence electrons. The molecule has 4 heteroatoms. The van der Waals surface area contributed by atoms with Crippen molar-refractivity contribution >= 4 is 32.3 Å². The van der Waals surface area contributed by atoms with Crippen molar-refractivity contribution in [2.45, 2.75) is 13.5 Å². The van der Waals surface area contributed by atoms with Crippen molar-refractivity contribution in [2.24, 2.45) is 5.73 Å². The lowest BCUT2D eigenvalue weighted by Gasteiger charge is -2.04. The van der Waals surface area contributed by atoms with Gasteiger partial charge in [0.2, 0.25) is 0 Å². The molecule has 0 aliphatic rings. The van der Waals surface area contributed by atoms with E-state index in [0.29, 0.717) is 6.54 Å². The molecule has 3 aromatic rings. The molecule has 2 heterocycles. The zero-order valence-corrected chi connectivity index (χ0v) is 11.0. The molecule has 0 fully saturated rings. The number of pyridine rings is 1. The Hall–Kier alpha value is -1.39. The van der Waals surface area contributed by atoms with Gasteiger partial charge in [-0.2, -0.15) is 0 Å². The standard InChI is InChI=1S/C13H12BrN3/c1-8-11(7-15)17-6-5-9-3-2-4-10(14)12(9)13(17)16-8/h2-6H,7,15H2,1H3. The topological polar surface area (TPSA) is 43.3 Å². The minimum absolute atomic E-state index is 0.503. The molecule has 0 saturated heterocycles. The minimum Gasteiger partial charge on any atom is -0.325 e. The zero-order valence-electron chi connectivity index (χ0n) is 9.44. The number of nitrogens with zero attached hydrogens (tertiary/aromatic N) is 2. The Kier molecular flexibility index (Phi) is 2.42. The van der Waals surface area contributed by atoms with Crippen LogP contribution in [0.15, 0.2) is 34.9 Å². The second-order valence-corrected chi connectivity index (χ2v) is 4.92. The SMILES string of the molecule is Cc1nc2c3c(Br)cccc3ccn2c1CN. The van der Waals surface area contributed by atoms with E-state index >= 15 is 0 Å². The summed E-state index contributed by atoms with van der Waals surface area (Å²) >= 11 is 3.59. The summed E-state index contributed by atoms with van der Waals surface area (Å²) in [5, 5.41) is 2.32. The molecule has 0 aliphatic carbocycles. The Morgan fingerprint density at radius 2 is 2.18 bits per heavy atom. The predicted molar refractivity (Wildman–Crippen MR) is 73.0 cm³/mol. The molecule has 0 aliphatic heterocycles. The number of hydrogen-bond acceptors (Lipinski definition) is 2. The summed E-state index contributed by atoms with van der Waals surface area (Å²) in [6.07, 6.45) is 2.03. The molecular formula is C13H12BrN3. The van der Waals surface area contributed by atoms with Crippen LogP contribution in [0.3, 0.4) is 0 Å². The van der Waals surface area contributed by atoms with Gasteiger partial charge in [0.1, 0.15) is 5.65 Å². The molecule has 1 aromatic carbocycles. The minimum atomic E-state index is 0.503. The third-order valence-electron chi connectivity index (χ3n) is 3.08. The summed E-state index contributed by atoms with van der Waals surface area (Å²) in [6.45, 7) is 2.50. The van der Waals surface area contributed by atoms with Crippen molar-refractivity contribution in [3.8, 4) is 0 Å². The smallest absolute Gasteiger partial charge is 0.146 e. The Morgan fingerprint density at radius 3 is 2.94 bits per heavy atom. The quantitative estimate of drug-likeness (QED) is 0.748. The van der Waals surface area contributed by atoms with Crippen LogP contribution in [0, 0.1) is 6.92 Å². The van der Waals surface area contributed by atoms with Gasteiger partial charge in [0, 0.05) is 22.6 Å². The van der Waals surface area contributed by atoms with E-state index in [0.717, 1.165) is 26.9 Å². The maximum absolute atomic E-state index is 5.77. The number of fused-ring (bicyclic) bond motifs is 3. The van der Waals surface area contributed by atoms with Gasteiger partial charge in [-0.3, -0.25) is 0 Å². The van der Waals surface area contributed by atoms with E-state index in [2.05, 4.69) is 37.4 Å². The van der Waals surface area contributed by atoms with E-state index in [-0.39, 0.29) is 0 Å². The van der Waals surface area contributed by atoms with Crippen molar-refractivity contribution in [1.82, 2.24) is 9.38 Å². The van der Waals surface area contributed by atoms with Gasteiger partial charge < -0.3 is 10.1 Å². The predicted octanol–water partition coefficient (Wildman–Crippen LogP) is 3.02. The fourth-order valence-electron chi connectivity index (χ4n) is 2.23. The van der Waals surface area contributed by atoms with Gasteiger partial charge in [-0.25, -0.2) is 4.98 Å². The summed E-state index contributed by atoms with van der Waals surface area (Å²) in [5.41, 5.74) is 8.80. The van der Waals surface area contributed by atoms with E-state index < -0.39 is 0 Å². The van der Waals surface area contributed by atoms with E-state index in [1.54, 1.807) is 0 Å². The molecular weight excluding hydrogens is 278 g/mol. The monoisotopic (exact) mass is 289 g/mol. The first-order valence-corrected chi connectivity index (χ1v) is 6.26. The van der Waals surface area contributed by atoms with E-state index in [1.807, 2.05) is 25.3 Å². The second kappa shape index (κ2) is 3.82. The number of aromatic nitrogens is 2. The van der Waals surface area contributed by atoms with E-state index in [9.17, 15) is 0 Å². The highest BCUT2D eigenvalue weighted by atomic mass is 79.9. The number of hydrogen-bond donors (Lipinski definition) is 1. The normalized spacial score (nSPS) is 11.5. The Balaban J connectivity index is 2.56. The first kappa shape index (κ1) is 10.7. The number of halogens is 1. The highest BCUT2D eigenvalue weighted by molar-refractivity contribution is 9.10. The van der Waals surface area contributed by atoms with Crippen molar-refractivity contribution in [3.63, 3.8) is 0 Å². The molecule has 2 N–H and O–H groups in total. The average Bonchev–Trinajstić information content (AvgIpc) is 2.64. The number of benzene rings is 1. The molecule has 17 heavy (non-hydrogen) atoms. The highest BCUT2D eigenvalue weighted by Crippen LogP contribution is 2.28. The summed E-state index contributed by atoms with van der Waals surface area (Å²) in [7, 11) is 0. The molecule has 0 amide bonds. The lowest BCUT2D eigenvalue weighted by atomic mass is 10.2. The first-order valence-electron chi connectivity index (χ1n) is 5.47. The summed E-state index contributed by atoms with van der Waals surface area (Å²) in [6, 6.07) is 8.25. The van der Waals surface area contributed by atoms with Crippen LogP contribution in [0.25, 0.3) is 16.4 Å². The molecule has 0 atom stereocenters. The molecule has 0 radical (unpaired) electrons. The van der Waals surface area contributed by atoms with Gasteiger partial charge in [-0.05, 0) is 24.4 Å². The van der Waals surface area contributed by atoms with Crippen LogP contribution in [0.2, 0.25) is 0 Å². The fourth-order valence-corrected chi connectivity index (χ4v) is 2.79. The van der Waals surface area contributed by atoms with Crippen LogP contribution >= 0.6 is 15.9 Å². The van der Waals surface area contributed by atoms with Crippen LogP contribution in [-0.2, 0) is 6.54 Å². The van der Waals surface area contributed by atoms with Crippen molar-refractivity contribution in [1.29, 1.82) is 0 Å². The number of imidazole rings is 1. The summed E-state index contributed by atoms with van der Waals surface area (Å²) in [4.78, 5) is 4.63. The van der Waals surface area contributed by atoms with Crippen molar-refractivity contribution < 1.29 is 0 Å². The van der Waals surface area contributed by atoms with Crippen LogP contribution < -0.4 is 5.73 Å².